The molecule has 0 fully saturated rings. The van der Waals surface area contributed by atoms with E-state index in [9.17, 15) is 14.7 Å². The highest BCUT2D eigenvalue weighted by Crippen LogP contribution is 2.27. The molecule has 2 aromatic carbocycles. The summed E-state index contributed by atoms with van der Waals surface area (Å²) in [5.41, 5.74) is 1.18. The molecular formula is C19H15NO5. The number of carbonyl (C=O) groups excluding carboxylic acids is 1. The van der Waals surface area contributed by atoms with Gasteiger partial charge in [-0.15, -0.1) is 0 Å². The fourth-order valence-electron chi connectivity index (χ4n) is 2.44. The van der Waals surface area contributed by atoms with Crippen LogP contribution in [-0.2, 0) is 0 Å². The van der Waals surface area contributed by atoms with Crippen LogP contribution in [0.2, 0.25) is 0 Å². The summed E-state index contributed by atoms with van der Waals surface area (Å²) in [5, 5.41) is 21.2. The minimum absolute atomic E-state index is 0.266. The second kappa shape index (κ2) is 6.52. The number of rotatable bonds is 4. The van der Waals surface area contributed by atoms with E-state index in [4.69, 9.17) is 9.52 Å². The number of hydrogen-bond donors (Lipinski definition) is 3. The van der Waals surface area contributed by atoms with Gasteiger partial charge in [-0.1, -0.05) is 30.3 Å². The number of carbonyl (C=O) groups is 2. The third-order valence-corrected chi connectivity index (χ3v) is 3.71. The Hall–Kier alpha value is -3.54. The normalized spacial score (nSPS) is 10.4. The van der Waals surface area contributed by atoms with Crippen LogP contribution in [0.15, 0.2) is 59.0 Å². The molecule has 0 radical (unpaired) electrons. The van der Waals surface area contributed by atoms with Crippen LogP contribution in [0.4, 0.5) is 5.69 Å². The molecule has 0 atom stereocenters. The highest BCUT2D eigenvalue weighted by atomic mass is 16.4. The van der Waals surface area contributed by atoms with E-state index < -0.39 is 11.9 Å². The van der Waals surface area contributed by atoms with Gasteiger partial charge in [-0.25, -0.2) is 4.79 Å². The molecule has 0 spiro atoms. The van der Waals surface area contributed by atoms with Crippen molar-refractivity contribution < 1.29 is 24.2 Å². The minimum Gasteiger partial charge on any atom is -0.507 e. The van der Waals surface area contributed by atoms with Crippen LogP contribution in [0, 0.1) is 6.92 Å². The number of carboxylic acid groups (broad SMARTS) is 1. The molecule has 0 aliphatic carbocycles. The number of amides is 1. The first-order valence-corrected chi connectivity index (χ1v) is 7.49. The van der Waals surface area contributed by atoms with E-state index in [1.54, 1.807) is 13.0 Å². The van der Waals surface area contributed by atoms with Crippen LogP contribution in [0.5, 0.6) is 5.75 Å². The van der Waals surface area contributed by atoms with Gasteiger partial charge in [0.1, 0.15) is 22.8 Å². The summed E-state index contributed by atoms with van der Waals surface area (Å²) in [5.74, 6) is -1.05. The molecule has 1 amide bonds. The van der Waals surface area contributed by atoms with Crippen molar-refractivity contribution in [3.05, 3.63) is 71.5 Å². The standard InChI is InChI=1S/C19H15NO5/c1-11-14(10-17(25-11)12-5-3-2-4-6-12)18(22)20-13-7-8-16(21)15(9-13)19(23)24/h2-10,21H,1H3,(H,20,22)(H,23,24). The second-order valence-electron chi connectivity index (χ2n) is 5.44. The summed E-state index contributed by atoms with van der Waals surface area (Å²) in [7, 11) is 0. The van der Waals surface area contributed by atoms with Crippen LogP contribution in [-0.4, -0.2) is 22.1 Å². The SMILES string of the molecule is Cc1oc(-c2ccccc2)cc1C(=O)Nc1ccc(O)c(C(=O)O)c1. The van der Waals surface area contributed by atoms with Gasteiger partial charge in [-0.2, -0.15) is 0 Å². The lowest BCUT2D eigenvalue weighted by atomic mass is 10.1. The quantitative estimate of drug-likeness (QED) is 0.627. The predicted octanol–water partition coefficient (Wildman–Crippen LogP) is 3.91. The van der Waals surface area contributed by atoms with Gasteiger partial charge in [0.2, 0.25) is 0 Å². The smallest absolute Gasteiger partial charge is 0.339 e. The maximum Gasteiger partial charge on any atom is 0.339 e. The molecule has 1 aromatic heterocycles. The average molecular weight is 337 g/mol. The Morgan fingerprint density at radius 1 is 1.00 bits per heavy atom. The molecule has 0 aliphatic rings. The number of furan rings is 1. The molecule has 0 saturated carbocycles. The number of phenols is 1. The van der Waals surface area contributed by atoms with Gasteiger partial charge in [0.25, 0.3) is 5.91 Å². The van der Waals surface area contributed by atoms with Gasteiger partial charge >= 0.3 is 5.97 Å². The molecule has 126 valence electrons. The number of aromatic carboxylic acids is 1. The molecule has 3 rings (SSSR count). The number of carboxylic acids is 1. The first-order valence-electron chi connectivity index (χ1n) is 7.49. The van der Waals surface area contributed by atoms with E-state index in [0.29, 0.717) is 17.1 Å². The number of nitrogens with one attached hydrogen (secondary N) is 1. The maximum absolute atomic E-state index is 12.5. The first kappa shape index (κ1) is 16.3. The van der Waals surface area contributed by atoms with Crippen LogP contribution in [0.1, 0.15) is 26.5 Å². The Bertz CT molecular complexity index is 944. The molecule has 0 aliphatic heterocycles. The second-order valence-corrected chi connectivity index (χ2v) is 5.44. The van der Waals surface area contributed by atoms with Crippen LogP contribution in [0.3, 0.4) is 0 Å². The molecule has 25 heavy (non-hydrogen) atoms. The largest absolute Gasteiger partial charge is 0.507 e. The van der Waals surface area contributed by atoms with E-state index in [2.05, 4.69) is 5.32 Å². The van der Waals surface area contributed by atoms with Crippen molar-refractivity contribution >= 4 is 17.6 Å². The summed E-state index contributed by atoms with van der Waals surface area (Å²) in [4.78, 5) is 23.5. The summed E-state index contributed by atoms with van der Waals surface area (Å²) in [6.07, 6.45) is 0. The lowest BCUT2D eigenvalue weighted by molar-refractivity contribution is 0.0693. The molecule has 3 aromatic rings. The van der Waals surface area contributed by atoms with E-state index in [1.165, 1.54) is 18.2 Å². The summed E-state index contributed by atoms with van der Waals surface area (Å²) in [6.45, 7) is 1.68. The highest BCUT2D eigenvalue weighted by molar-refractivity contribution is 6.06. The molecular weight excluding hydrogens is 322 g/mol. The van der Waals surface area contributed by atoms with Crippen LogP contribution < -0.4 is 5.32 Å². The van der Waals surface area contributed by atoms with Gasteiger partial charge in [-0.05, 0) is 31.2 Å². The average Bonchev–Trinajstić information content (AvgIpc) is 2.99. The van der Waals surface area contributed by atoms with Gasteiger partial charge in [0.05, 0.1) is 5.56 Å². The molecule has 0 saturated heterocycles. The van der Waals surface area contributed by atoms with Gasteiger partial charge in [0, 0.05) is 11.3 Å². The maximum atomic E-state index is 12.5. The molecule has 1 heterocycles. The molecule has 0 unspecified atom stereocenters. The Morgan fingerprint density at radius 2 is 1.72 bits per heavy atom. The van der Waals surface area contributed by atoms with Crippen molar-refractivity contribution in [3.63, 3.8) is 0 Å². The zero-order valence-corrected chi connectivity index (χ0v) is 13.3. The van der Waals surface area contributed by atoms with Crippen LogP contribution >= 0.6 is 0 Å². The zero-order valence-electron chi connectivity index (χ0n) is 13.3. The van der Waals surface area contributed by atoms with Gasteiger partial charge in [0.15, 0.2) is 0 Å². The number of hydrogen-bond acceptors (Lipinski definition) is 4. The number of benzene rings is 2. The van der Waals surface area contributed by atoms with Crippen molar-refractivity contribution in [1.29, 1.82) is 0 Å². The lowest BCUT2D eigenvalue weighted by Crippen LogP contribution is -2.12. The van der Waals surface area contributed by atoms with E-state index in [-0.39, 0.29) is 17.0 Å². The van der Waals surface area contributed by atoms with Crippen molar-refractivity contribution in [3.8, 4) is 17.1 Å². The Morgan fingerprint density at radius 3 is 2.40 bits per heavy atom. The van der Waals surface area contributed by atoms with Crippen molar-refractivity contribution in [2.24, 2.45) is 0 Å². The third-order valence-electron chi connectivity index (χ3n) is 3.71. The number of aryl methyl sites for hydroxylation is 1. The number of anilines is 1. The first-order chi connectivity index (χ1) is 12.0. The van der Waals surface area contributed by atoms with Crippen molar-refractivity contribution in [1.82, 2.24) is 0 Å². The molecule has 6 heteroatoms. The minimum atomic E-state index is -1.28. The van der Waals surface area contributed by atoms with E-state index >= 15 is 0 Å². The summed E-state index contributed by atoms with van der Waals surface area (Å²) < 4.78 is 5.65. The molecule has 6 nitrogen and oxygen atoms in total. The van der Waals surface area contributed by atoms with E-state index in [1.807, 2.05) is 30.3 Å². The van der Waals surface area contributed by atoms with Crippen molar-refractivity contribution in [2.45, 2.75) is 6.92 Å². The third kappa shape index (κ3) is 3.37. The number of aromatic hydroxyl groups is 1. The predicted molar refractivity (Wildman–Crippen MR) is 91.9 cm³/mol. The Labute approximate surface area is 143 Å². The van der Waals surface area contributed by atoms with Gasteiger partial charge < -0.3 is 19.9 Å². The summed E-state index contributed by atoms with van der Waals surface area (Å²) >= 11 is 0. The molecule has 0 bridgehead atoms. The lowest BCUT2D eigenvalue weighted by Gasteiger charge is -2.06. The fourth-order valence-corrected chi connectivity index (χ4v) is 2.44. The van der Waals surface area contributed by atoms with Crippen LogP contribution in [0.25, 0.3) is 11.3 Å². The molecule has 3 N–H and O–H groups in total. The Balaban J connectivity index is 1.86. The Kier molecular flexibility index (Phi) is 4.26. The topological polar surface area (TPSA) is 99.8 Å². The fraction of sp³-hybridized carbons (Fsp3) is 0.0526. The zero-order chi connectivity index (χ0) is 18.0. The van der Waals surface area contributed by atoms with E-state index in [0.717, 1.165) is 5.56 Å². The monoisotopic (exact) mass is 337 g/mol. The van der Waals surface area contributed by atoms with Gasteiger partial charge in [-0.3, -0.25) is 4.79 Å². The highest BCUT2D eigenvalue weighted by Gasteiger charge is 2.17. The summed E-state index contributed by atoms with van der Waals surface area (Å²) in [6, 6.07) is 14.9. The van der Waals surface area contributed by atoms with Crippen molar-refractivity contribution in [2.75, 3.05) is 5.32 Å².